The molecule has 2 aliphatic rings. The standard InChI is InChI=1S/C26H29BrN2O5/c1-2-34-21-9-4-7-19(17-21)24(30)22-23(18-6-3-8-20(27)16-18)29(26(32)25(22)31)11-5-10-28-12-14-33-15-13-28/h3-4,6-9,16-17,23,30H,2,5,10-15H2,1H3/b24-22+. The summed E-state index contributed by atoms with van der Waals surface area (Å²) < 4.78 is 11.8. The molecule has 2 saturated heterocycles. The fraction of sp³-hybridized carbons (Fsp3) is 0.385. The summed E-state index contributed by atoms with van der Waals surface area (Å²) in [5.74, 6) is -0.865. The highest BCUT2D eigenvalue weighted by molar-refractivity contribution is 9.10. The third-order valence-electron chi connectivity index (χ3n) is 6.10. The Labute approximate surface area is 208 Å². The van der Waals surface area contributed by atoms with Gasteiger partial charge in [-0.2, -0.15) is 0 Å². The maximum Gasteiger partial charge on any atom is 0.295 e. The minimum Gasteiger partial charge on any atom is -0.507 e. The Bertz CT molecular complexity index is 1080. The smallest absolute Gasteiger partial charge is 0.295 e. The van der Waals surface area contributed by atoms with Crippen molar-refractivity contribution in [1.29, 1.82) is 0 Å². The van der Waals surface area contributed by atoms with E-state index >= 15 is 0 Å². The number of Topliss-reactive ketones (excluding diaryl/α,β-unsaturated/α-hetero) is 1. The van der Waals surface area contributed by atoms with Crippen LogP contribution in [0.25, 0.3) is 5.76 Å². The Kier molecular flexibility index (Phi) is 8.03. The van der Waals surface area contributed by atoms with Crippen LogP contribution in [0, 0.1) is 0 Å². The summed E-state index contributed by atoms with van der Waals surface area (Å²) in [6.07, 6.45) is 0.720. The van der Waals surface area contributed by atoms with Crippen molar-refractivity contribution in [3.8, 4) is 5.75 Å². The predicted octanol–water partition coefficient (Wildman–Crippen LogP) is 3.99. The molecule has 34 heavy (non-hydrogen) atoms. The van der Waals surface area contributed by atoms with Crippen molar-refractivity contribution < 1.29 is 24.2 Å². The first kappa shape index (κ1) is 24.4. The lowest BCUT2D eigenvalue weighted by molar-refractivity contribution is -0.140. The highest BCUT2D eigenvalue weighted by Gasteiger charge is 2.45. The van der Waals surface area contributed by atoms with E-state index in [9.17, 15) is 14.7 Å². The number of aliphatic hydroxyl groups is 1. The first-order valence-corrected chi connectivity index (χ1v) is 12.4. The second-order valence-electron chi connectivity index (χ2n) is 8.32. The Morgan fingerprint density at radius 1 is 1.12 bits per heavy atom. The number of carbonyl (C=O) groups excluding carboxylic acids is 2. The van der Waals surface area contributed by atoms with Gasteiger partial charge in [0.2, 0.25) is 0 Å². The molecule has 0 aromatic heterocycles. The maximum atomic E-state index is 13.2. The van der Waals surface area contributed by atoms with Crippen molar-refractivity contribution in [3.63, 3.8) is 0 Å². The fourth-order valence-electron chi connectivity index (χ4n) is 4.48. The third kappa shape index (κ3) is 5.35. The number of hydrogen-bond acceptors (Lipinski definition) is 6. The molecule has 1 N–H and O–H groups in total. The molecule has 2 aliphatic heterocycles. The fourth-order valence-corrected chi connectivity index (χ4v) is 4.90. The normalized spacial score (nSPS) is 20.6. The lowest BCUT2D eigenvalue weighted by Gasteiger charge is -2.29. The molecule has 1 amide bonds. The van der Waals surface area contributed by atoms with Crippen molar-refractivity contribution in [3.05, 3.63) is 69.7 Å². The molecule has 180 valence electrons. The van der Waals surface area contributed by atoms with E-state index in [2.05, 4.69) is 20.8 Å². The van der Waals surface area contributed by atoms with E-state index in [4.69, 9.17) is 9.47 Å². The molecule has 0 aliphatic carbocycles. The summed E-state index contributed by atoms with van der Waals surface area (Å²) in [5.41, 5.74) is 1.31. The molecule has 7 nitrogen and oxygen atoms in total. The van der Waals surface area contributed by atoms with E-state index in [1.54, 1.807) is 29.2 Å². The van der Waals surface area contributed by atoms with Crippen molar-refractivity contribution in [2.24, 2.45) is 0 Å². The number of halogens is 1. The summed E-state index contributed by atoms with van der Waals surface area (Å²) in [6.45, 7) is 6.74. The first-order valence-electron chi connectivity index (χ1n) is 11.6. The van der Waals surface area contributed by atoms with E-state index in [1.807, 2.05) is 31.2 Å². The maximum absolute atomic E-state index is 13.2. The molecular weight excluding hydrogens is 500 g/mol. The second-order valence-corrected chi connectivity index (χ2v) is 9.23. The summed E-state index contributed by atoms with van der Waals surface area (Å²) in [4.78, 5) is 30.2. The SMILES string of the molecule is CCOc1cccc(/C(O)=C2\C(=O)C(=O)N(CCCN3CCOCC3)C2c2cccc(Br)c2)c1. The van der Waals surface area contributed by atoms with E-state index < -0.39 is 17.7 Å². The molecule has 0 spiro atoms. The molecule has 2 fully saturated rings. The number of amides is 1. The van der Waals surface area contributed by atoms with Crippen molar-refractivity contribution in [2.45, 2.75) is 19.4 Å². The molecule has 0 bridgehead atoms. The zero-order chi connectivity index (χ0) is 24.1. The van der Waals surface area contributed by atoms with Crippen LogP contribution in [0.1, 0.15) is 30.5 Å². The van der Waals surface area contributed by atoms with Gasteiger partial charge in [-0.15, -0.1) is 0 Å². The highest BCUT2D eigenvalue weighted by atomic mass is 79.9. The highest BCUT2D eigenvalue weighted by Crippen LogP contribution is 2.40. The van der Waals surface area contributed by atoms with E-state index in [-0.39, 0.29) is 11.3 Å². The van der Waals surface area contributed by atoms with Gasteiger partial charge in [0.05, 0.1) is 31.4 Å². The largest absolute Gasteiger partial charge is 0.507 e. The first-order chi connectivity index (χ1) is 16.5. The Balaban J connectivity index is 1.68. The third-order valence-corrected chi connectivity index (χ3v) is 6.59. The second kappa shape index (κ2) is 11.2. The van der Waals surface area contributed by atoms with Crippen LogP contribution in [-0.4, -0.2) is 72.6 Å². The average molecular weight is 529 g/mol. The van der Waals surface area contributed by atoms with Crippen LogP contribution in [-0.2, 0) is 14.3 Å². The Morgan fingerprint density at radius 3 is 2.62 bits per heavy atom. The number of rotatable bonds is 8. The molecule has 0 saturated carbocycles. The van der Waals surface area contributed by atoms with Crippen LogP contribution in [0.4, 0.5) is 0 Å². The number of benzene rings is 2. The van der Waals surface area contributed by atoms with Crippen molar-refractivity contribution in [1.82, 2.24) is 9.80 Å². The summed E-state index contributed by atoms with van der Waals surface area (Å²) in [7, 11) is 0. The van der Waals surface area contributed by atoms with Gasteiger partial charge in [-0.05, 0) is 43.2 Å². The number of likely N-dealkylation sites (tertiary alicyclic amines) is 1. The van der Waals surface area contributed by atoms with E-state index in [1.165, 1.54) is 0 Å². The molecule has 8 heteroatoms. The Morgan fingerprint density at radius 2 is 1.88 bits per heavy atom. The van der Waals surface area contributed by atoms with Crippen LogP contribution in [0.2, 0.25) is 0 Å². The molecule has 4 rings (SSSR count). The molecule has 1 unspecified atom stereocenters. The molecule has 2 aromatic rings. The van der Waals surface area contributed by atoms with Gasteiger partial charge < -0.3 is 19.5 Å². The van der Waals surface area contributed by atoms with Gasteiger partial charge in [-0.1, -0.05) is 40.2 Å². The molecule has 0 radical (unpaired) electrons. The van der Waals surface area contributed by atoms with Gasteiger partial charge in [0.1, 0.15) is 11.5 Å². The zero-order valence-electron chi connectivity index (χ0n) is 19.2. The summed E-state index contributed by atoms with van der Waals surface area (Å²) in [5, 5.41) is 11.2. The van der Waals surface area contributed by atoms with Gasteiger partial charge in [0, 0.05) is 36.2 Å². The molecular formula is C26H29BrN2O5. The van der Waals surface area contributed by atoms with Crippen molar-refractivity contribution >= 4 is 33.4 Å². The minimum atomic E-state index is -0.671. The van der Waals surface area contributed by atoms with Crippen LogP contribution in [0.15, 0.2) is 58.6 Å². The Hall–Kier alpha value is -2.68. The predicted molar refractivity (Wildman–Crippen MR) is 133 cm³/mol. The number of hydrogen-bond donors (Lipinski definition) is 1. The van der Waals surface area contributed by atoms with Gasteiger partial charge in [-0.25, -0.2) is 0 Å². The minimum absolute atomic E-state index is 0.100. The molecule has 2 aromatic carbocycles. The van der Waals surface area contributed by atoms with E-state index in [0.29, 0.717) is 37.7 Å². The number of ether oxygens (including phenoxy) is 2. The van der Waals surface area contributed by atoms with Crippen LogP contribution in [0.3, 0.4) is 0 Å². The number of nitrogens with zero attached hydrogens (tertiary/aromatic N) is 2. The number of carbonyl (C=O) groups is 2. The monoisotopic (exact) mass is 528 g/mol. The number of morpholine rings is 1. The molecule has 2 heterocycles. The lowest BCUT2D eigenvalue weighted by atomic mass is 9.95. The average Bonchev–Trinajstić information content (AvgIpc) is 3.10. The van der Waals surface area contributed by atoms with Crippen LogP contribution >= 0.6 is 15.9 Å². The number of aliphatic hydroxyl groups excluding tert-OH is 1. The van der Waals surface area contributed by atoms with Crippen LogP contribution < -0.4 is 4.74 Å². The zero-order valence-corrected chi connectivity index (χ0v) is 20.8. The van der Waals surface area contributed by atoms with Gasteiger partial charge in [0.25, 0.3) is 11.7 Å². The summed E-state index contributed by atoms with van der Waals surface area (Å²) >= 11 is 3.49. The van der Waals surface area contributed by atoms with E-state index in [0.717, 1.165) is 36.1 Å². The van der Waals surface area contributed by atoms with Gasteiger partial charge >= 0.3 is 0 Å². The lowest BCUT2D eigenvalue weighted by Crippen LogP contribution is -2.38. The van der Waals surface area contributed by atoms with Gasteiger partial charge in [-0.3, -0.25) is 14.5 Å². The van der Waals surface area contributed by atoms with Crippen molar-refractivity contribution in [2.75, 3.05) is 46.0 Å². The topological polar surface area (TPSA) is 79.3 Å². The van der Waals surface area contributed by atoms with Crippen LogP contribution in [0.5, 0.6) is 5.75 Å². The molecule has 1 atom stereocenters. The van der Waals surface area contributed by atoms with Gasteiger partial charge in [0.15, 0.2) is 0 Å². The summed E-state index contributed by atoms with van der Waals surface area (Å²) in [6, 6.07) is 13.8. The number of ketones is 1. The quantitative estimate of drug-likeness (QED) is 0.317.